The minimum atomic E-state index is 1.02. The Hall–Kier alpha value is -8.46. The molecule has 0 heterocycles. The van der Waals surface area contributed by atoms with E-state index < -0.39 is 0 Å². The van der Waals surface area contributed by atoms with Crippen molar-refractivity contribution in [2.45, 2.75) is 6.92 Å². The van der Waals surface area contributed by atoms with Gasteiger partial charge in [-0.05, 0) is 174 Å². The van der Waals surface area contributed by atoms with E-state index in [0.29, 0.717) is 0 Å². The van der Waals surface area contributed by atoms with Crippen molar-refractivity contribution in [1.29, 1.82) is 0 Å². The second-order valence-electron chi connectivity index (χ2n) is 16.5. The van der Waals surface area contributed by atoms with Crippen molar-refractivity contribution >= 4 is 82.3 Å². The number of anilines is 5. The summed E-state index contributed by atoms with van der Waals surface area (Å²) in [4.78, 5) is 4.70. The lowest BCUT2D eigenvalue weighted by molar-refractivity contribution is 1.21. The van der Waals surface area contributed by atoms with Gasteiger partial charge in [-0.25, -0.2) is 0 Å². The fourth-order valence-corrected chi connectivity index (χ4v) is 9.81. The molecule has 0 atom stereocenters. The topological polar surface area (TPSA) is 6.48 Å². The molecular formula is C63H46N2. The van der Waals surface area contributed by atoms with Crippen molar-refractivity contribution in [3.8, 4) is 22.3 Å². The van der Waals surface area contributed by atoms with E-state index in [0.717, 1.165) is 34.1 Å². The molecule has 2 heteroatoms. The third kappa shape index (κ3) is 7.12. The molecule has 65 heavy (non-hydrogen) atoms. The predicted molar refractivity (Wildman–Crippen MR) is 281 cm³/mol. The fourth-order valence-electron chi connectivity index (χ4n) is 9.81. The van der Waals surface area contributed by atoms with Crippen molar-refractivity contribution in [2.24, 2.45) is 0 Å². The molecule has 0 bridgehead atoms. The van der Waals surface area contributed by atoms with Crippen LogP contribution in [0.15, 0.2) is 261 Å². The van der Waals surface area contributed by atoms with Gasteiger partial charge in [0.2, 0.25) is 0 Å². The first-order chi connectivity index (χ1) is 32.2. The molecule has 0 amide bonds. The van der Waals surface area contributed by atoms with Crippen molar-refractivity contribution in [3.63, 3.8) is 0 Å². The van der Waals surface area contributed by atoms with Crippen LogP contribution in [0.25, 0.3) is 76.1 Å². The second-order valence-corrected chi connectivity index (χ2v) is 16.5. The van der Waals surface area contributed by atoms with Crippen LogP contribution in [-0.4, -0.2) is 0 Å². The van der Waals surface area contributed by atoms with Crippen molar-refractivity contribution in [1.82, 2.24) is 0 Å². The number of allylic oxidation sites excluding steroid dienone is 4. The first-order valence-electron chi connectivity index (χ1n) is 22.3. The third-order valence-corrected chi connectivity index (χ3v) is 12.6. The standard InChI is InChI=1S/C63H46N2/c1-3-21-48(22-4-2)64(49-27-11-6-12-28-49)52-36-38-57-60(42-52)62(44-23-9-5-10-24-44)56-37-35-53(65(50-29-13-7-14-30-50)51-31-15-8-16-32-51)43-61(56)63(57)59-41-47-39-45-25-17-18-26-46(45)40-58(47)54-33-19-20-34-55(54)59/h3-43H,1H2,2H3/b22-4-,48-21+. The van der Waals surface area contributed by atoms with E-state index in [1.807, 2.05) is 6.08 Å². The lowest BCUT2D eigenvalue weighted by Gasteiger charge is -2.28. The number of hydrogen-bond acceptors (Lipinski definition) is 2. The van der Waals surface area contributed by atoms with Crippen molar-refractivity contribution in [3.05, 3.63) is 261 Å². The minimum Gasteiger partial charge on any atom is -0.310 e. The fraction of sp³-hybridized carbons (Fsp3) is 0.0159. The first kappa shape index (κ1) is 39.4. The van der Waals surface area contributed by atoms with Gasteiger partial charge in [-0.1, -0.05) is 164 Å². The van der Waals surface area contributed by atoms with E-state index >= 15 is 0 Å². The zero-order valence-electron chi connectivity index (χ0n) is 36.3. The molecule has 0 saturated heterocycles. The SMILES string of the molecule is C=C/C=C(\C=C/C)N(c1ccccc1)c1ccc2c(-c3cc4cc5ccccc5cc4c4ccccc34)c3cc(N(c4ccccc4)c4ccccc4)ccc3c(-c3ccccc3)c2c1. The Balaban J connectivity index is 1.31. The van der Waals surface area contributed by atoms with Crippen LogP contribution in [0.1, 0.15) is 6.92 Å². The number of hydrogen-bond donors (Lipinski definition) is 0. The summed E-state index contributed by atoms with van der Waals surface area (Å²) in [6, 6.07) is 81.9. The Labute approximate surface area is 380 Å². The predicted octanol–water partition coefficient (Wildman–Crippen LogP) is 18.0. The Morgan fingerprint density at radius 3 is 1.55 bits per heavy atom. The highest BCUT2D eigenvalue weighted by Gasteiger charge is 2.23. The summed E-state index contributed by atoms with van der Waals surface area (Å²) in [5, 5.41) is 12.1. The summed E-state index contributed by atoms with van der Waals surface area (Å²) in [6.45, 7) is 6.18. The van der Waals surface area contributed by atoms with Gasteiger partial charge in [0.1, 0.15) is 0 Å². The minimum absolute atomic E-state index is 1.02. The average molecular weight is 831 g/mol. The van der Waals surface area contributed by atoms with Crippen molar-refractivity contribution < 1.29 is 0 Å². The van der Waals surface area contributed by atoms with Gasteiger partial charge >= 0.3 is 0 Å². The van der Waals surface area contributed by atoms with Crippen LogP contribution >= 0.6 is 0 Å². The van der Waals surface area contributed by atoms with Crippen LogP contribution in [0, 0.1) is 0 Å². The van der Waals surface area contributed by atoms with Crippen LogP contribution in [-0.2, 0) is 0 Å². The quantitative estimate of drug-likeness (QED) is 0.0770. The summed E-state index contributed by atoms with van der Waals surface area (Å²) >= 11 is 0. The molecule has 0 saturated carbocycles. The highest BCUT2D eigenvalue weighted by molar-refractivity contribution is 6.27. The van der Waals surface area contributed by atoms with Gasteiger partial charge in [0.25, 0.3) is 0 Å². The summed E-state index contributed by atoms with van der Waals surface area (Å²) < 4.78 is 0. The van der Waals surface area contributed by atoms with Crippen LogP contribution < -0.4 is 9.80 Å². The summed E-state index contributed by atoms with van der Waals surface area (Å²) in [5.74, 6) is 0. The lowest BCUT2D eigenvalue weighted by atomic mass is 9.83. The zero-order chi connectivity index (χ0) is 43.7. The molecular weight excluding hydrogens is 785 g/mol. The summed E-state index contributed by atoms with van der Waals surface area (Å²) in [7, 11) is 0. The van der Waals surface area contributed by atoms with Gasteiger partial charge in [0.05, 0.1) is 0 Å². The summed E-state index contributed by atoms with van der Waals surface area (Å²) in [6.07, 6.45) is 8.19. The molecule has 0 unspecified atom stereocenters. The Morgan fingerprint density at radius 1 is 0.385 bits per heavy atom. The average Bonchev–Trinajstić information content (AvgIpc) is 3.36. The largest absolute Gasteiger partial charge is 0.310 e. The molecule has 0 radical (unpaired) electrons. The Morgan fingerprint density at radius 2 is 0.908 bits per heavy atom. The van der Waals surface area contributed by atoms with E-state index in [1.54, 1.807) is 0 Å². The molecule has 11 aromatic rings. The van der Waals surface area contributed by atoms with Gasteiger partial charge in [0, 0.05) is 34.1 Å². The van der Waals surface area contributed by atoms with Crippen LogP contribution in [0.3, 0.4) is 0 Å². The smallest absolute Gasteiger partial charge is 0.0468 e. The molecule has 11 aromatic carbocycles. The van der Waals surface area contributed by atoms with Gasteiger partial charge in [-0.2, -0.15) is 0 Å². The molecule has 0 spiro atoms. The third-order valence-electron chi connectivity index (χ3n) is 12.6. The first-order valence-corrected chi connectivity index (χ1v) is 22.3. The van der Waals surface area contributed by atoms with Gasteiger partial charge < -0.3 is 9.80 Å². The number of fused-ring (bicyclic) bond motifs is 6. The molecule has 11 rings (SSSR count). The van der Waals surface area contributed by atoms with E-state index in [2.05, 4.69) is 266 Å². The maximum Gasteiger partial charge on any atom is 0.0468 e. The Bertz CT molecular complexity index is 3570. The van der Waals surface area contributed by atoms with Crippen LogP contribution in [0.5, 0.6) is 0 Å². The molecule has 0 aliphatic heterocycles. The van der Waals surface area contributed by atoms with Gasteiger partial charge in [-0.3, -0.25) is 0 Å². The summed E-state index contributed by atoms with van der Waals surface area (Å²) in [5.41, 5.74) is 11.2. The number of benzene rings is 11. The Kier molecular flexibility index (Phi) is 10.3. The number of rotatable bonds is 10. The maximum absolute atomic E-state index is 4.12. The molecule has 0 aromatic heterocycles. The van der Waals surface area contributed by atoms with E-state index in [4.69, 9.17) is 0 Å². The molecule has 0 aliphatic rings. The van der Waals surface area contributed by atoms with Crippen molar-refractivity contribution in [2.75, 3.05) is 9.80 Å². The number of para-hydroxylation sites is 3. The highest BCUT2D eigenvalue weighted by Crippen LogP contribution is 2.50. The van der Waals surface area contributed by atoms with Crippen LogP contribution in [0.4, 0.5) is 28.4 Å². The van der Waals surface area contributed by atoms with E-state index in [-0.39, 0.29) is 0 Å². The molecule has 2 nitrogen and oxygen atoms in total. The molecule has 0 N–H and O–H groups in total. The number of nitrogens with zero attached hydrogens (tertiary/aromatic N) is 2. The van der Waals surface area contributed by atoms with Crippen LogP contribution in [0.2, 0.25) is 0 Å². The van der Waals surface area contributed by atoms with E-state index in [9.17, 15) is 0 Å². The van der Waals surface area contributed by atoms with Gasteiger partial charge in [-0.15, -0.1) is 0 Å². The van der Waals surface area contributed by atoms with E-state index in [1.165, 1.54) is 76.1 Å². The molecule has 0 aliphatic carbocycles. The maximum atomic E-state index is 4.12. The highest BCUT2D eigenvalue weighted by atomic mass is 15.1. The zero-order valence-corrected chi connectivity index (χ0v) is 36.3. The normalized spacial score (nSPS) is 11.9. The molecule has 0 fully saturated rings. The van der Waals surface area contributed by atoms with Gasteiger partial charge in [0.15, 0.2) is 0 Å². The molecule has 308 valence electrons. The lowest BCUT2D eigenvalue weighted by Crippen LogP contribution is -2.15. The second kappa shape index (κ2) is 17.0. The monoisotopic (exact) mass is 830 g/mol.